The summed E-state index contributed by atoms with van der Waals surface area (Å²) >= 11 is 14.1. The summed E-state index contributed by atoms with van der Waals surface area (Å²) in [7, 11) is 0. The van der Waals surface area contributed by atoms with Gasteiger partial charge in [-0.2, -0.15) is 4.68 Å². The molecule has 0 saturated heterocycles. The van der Waals surface area contributed by atoms with E-state index in [-0.39, 0.29) is 17.7 Å². The molecule has 0 unspecified atom stereocenters. The van der Waals surface area contributed by atoms with Gasteiger partial charge in [-0.3, -0.25) is 4.79 Å². The minimum absolute atomic E-state index is 0.0652. The van der Waals surface area contributed by atoms with Gasteiger partial charge in [-0.05, 0) is 85.9 Å². The molecule has 198 valence electrons. The minimum atomic E-state index is -0.741. The van der Waals surface area contributed by atoms with E-state index in [4.69, 9.17) is 23.2 Å². The maximum absolute atomic E-state index is 12.6. The molecule has 0 atom stereocenters. The number of carbonyl (C=O) groups is 2. The van der Waals surface area contributed by atoms with Crippen LogP contribution >= 0.6 is 35.0 Å². The van der Waals surface area contributed by atoms with Crippen LogP contribution in [-0.4, -0.2) is 50.0 Å². The Kier molecular flexibility index (Phi) is 8.82. The highest BCUT2D eigenvalue weighted by Crippen LogP contribution is 2.41. The summed E-state index contributed by atoms with van der Waals surface area (Å²) in [5.74, 6) is 6.41. The van der Waals surface area contributed by atoms with Gasteiger partial charge in [0.15, 0.2) is 0 Å². The Morgan fingerprint density at radius 3 is 2.63 bits per heavy atom. The first kappa shape index (κ1) is 27.8. The average Bonchev–Trinajstić information content (AvgIpc) is 3.61. The van der Waals surface area contributed by atoms with Crippen LogP contribution in [0, 0.1) is 11.8 Å². The molecule has 0 aliphatic heterocycles. The van der Waals surface area contributed by atoms with Crippen LogP contribution < -0.4 is 16.0 Å². The van der Waals surface area contributed by atoms with Gasteiger partial charge in [0.25, 0.3) is 0 Å². The van der Waals surface area contributed by atoms with Crippen LogP contribution in [0.15, 0.2) is 41.6 Å². The van der Waals surface area contributed by atoms with Crippen LogP contribution in [0.2, 0.25) is 10.0 Å². The Bertz CT molecular complexity index is 1410. The molecule has 1 heterocycles. The first-order valence-corrected chi connectivity index (χ1v) is 13.8. The highest BCUT2D eigenvalue weighted by molar-refractivity contribution is 7.99. The van der Waals surface area contributed by atoms with Crippen LogP contribution in [0.5, 0.6) is 0 Å². The third kappa shape index (κ3) is 7.40. The van der Waals surface area contributed by atoms with Gasteiger partial charge in [-0.15, -0.1) is 5.10 Å². The Morgan fingerprint density at radius 2 is 1.95 bits per heavy atom. The van der Waals surface area contributed by atoms with Crippen molar-refractivity contribution in [3.8, 4) is 17.5 Å². The molecule has 2 aromatic carbocycles. The predicted octanol–water partition coefficient (Wildman–Crippen LogP) is 5.03. The fourth-order valence-corrected chi connectivity index (χ4v) is 4.73. The molecule has 3 amide bonds. The fourth-order valence-electron chi connectivity index (χ4n) is 3.54. The molecule has 0 bridgehead atoms. The number of anilines is 1. The smallest absolute Gasteiger partial charge is 0.315 e. The van der Waals surface area contributed by atoms with Gasteiger partial charge in [0, 0.05) is 12.1 Å². The number of hydrogen-bond donors (Lipinski definition) is 3. The first-order chi connectivity index (χ1) is 18.1. The zero-order chi connectivity index (χ0) is 27.3. The van der Waals surface area contributed by atoms with Crippen LogP contribution in [0.3, 0.4) is 0 Å². The molecular weight excluding hydrogens is 545 g/mol. The SMILES string of the molecule is CCNC(=O)NC(C)(C)C#Cc1ccc(NC(=O)CSc2nnnn2-c2ccc(C3CC3)cc2Cl)c(Cl)c1. The zero-order valence-electron chi connectivity index (χ0n) is 21.1. The second-order valence-electron chi connectivity index (χ2n) is 9.25. The molecular formula is C26H27Cl2N7O2S. The summed E-state index contributed by atoms with van der Waals surface area (Å²) in [5.41, 5.74) is 2.24. The Hall–Kier alpha value is -3.26. The second-order valence-corrected chi connectivity index (χ2v) is 11.0. The molecule has 3 N–H and O–H groups in total. The Labute approximate surface area is 235 Å². The number of hydrogen-bond acceptors (Lipinski definition) is 6. The lowest BCUT2D eigenvalue weighted by Crippen LogP contribution is -2.47. The molecule has 12 heteroatoms. The number of rotatable bonds is 8. The van der Waals surface area contributed by atoms with E-state index in [0.717, 1.165) is 0 Å². The summed E-state index contributed by atoms with van der Waals surface area (Å²) in [6.07, 6.45) is 2.37. The number of halogens is 2. The largest absolute Gasteiger partial charge is 0.338 e. The van der Waals surface area contributed by atoms with Crippen molar-refractivity contribution in [3.05, 3.63) is 57.6 Å². The van der Waals surface area contributed by atoms with Gasteiger partial charge in [0.2, 0.25) is 11.1 Å². The standard InChI is InChI=1S/C26H27Cl2N7O2S/c1-4-29-24(37)31-26(2,3)12-11-16-5-9-21(19(27)13-16)30-23(36)15-38-25-32-33-34-35(25)22-10-8-18(14-20(22)28)17-6-7-17/h5,8-10,13-14,17H,4,6-7,15H2,1-3H3,(H,30,36)(H2,29,31,37). The van der Waals surface area contributed by atoms with Crippen LogP contribution in [0.25, 0.3) is 5.69 Å². The lowest BCUT2D eigenvalue weighted by molar-refractivity contribution is -0.113. The Morgan fingerprint density at radius 1 is 1.16 bits per heavy atom. The topological polar surface area (TPSA) is 114 Å². The number of carbonyl (C=O) groups excluding carboxylic acids is 2. The monoisotopic (exact) mass is 571 g/mol. The predicted molar refractivity (Wildman–Crippen MR) is 150 cm³/mol. The highest BCUT2D eigenvalue weighted by atomic mass is 35.5. The van der Waals surface area contributed by atoms with E-state index in [1.54, 1.807) is 32.0 Å². The summed E-state index contributed by atoms with van der Waals surface area (Å²) in [5, 5.41) is 21.4. The number of thioether (sulfide) groups is 1. The van der Waals surface area contributed by atoms with Crippen molar-refractivity contribution in [3.63, 3.8) is 0 Å². The van der Waals surface area contributed by atoms with E-state index < -0.39 is 5.54 Å². The van der Waals surface area contributed by atoms with E-state index in [0.29, 0.717) is 44.6 Å². The molecule has 1 fully saturated rings. The van der Waals surface area contributed by atoms with Gasteiger partial charge in [0.05, 0.1) is 32.7 Å². The van der Waals surface area contributed by atoms with Crippen molar-refractivity contribution in [1.82, 2.24) is 30.8 Å². The number of aromatic nitrogens is 4. The van der Waals surface area contributed by atoms with E-state index >= 15 is 0 Å². The molecule has 0 radical (unpaired) electrons. The number of nitrogens with one attached hydrogen (secondary N) is 3. The van der Waals surface area contributed by atoms with Crippen molar-refractivity contribution in [1.29, 1.82) is 0 Å². The number of benzene rings is 2. The van der Waals surface area contributed by atoms with E-state index in [2.05, 4.69) is 43.3 Å². The normalized spacial score (nSPS) is 12.9. The van der Waals surface area contributed by atoms with E-state index in [9.17, 15) is 9.59 Å². The van der Waals surface area contributed by atoms with Gasteiger partial charge >= 0.3 is 6.03 Å². The quantitative estimate of drug-likeness (QED) is 0.258. The van der Waals surface area contributed by atoms with Crippen molar-refractivity contribution in [2.75, 3.05) is 17.6 Å². The highest BCUT2D eigenvalue weighted by Gasteiger charge is 2.24. The number of urea groups is 1. The van der Waals surface area contributed by atoms with Crippen molar-refractivity contribution >= 4 is 52.6 Å². The summed E-state index contributed by atoms with van der Waals surface area (Å²) in [6, 6.07) is 10.7. The van der Waals surface area contributed by atoms with Gasteiger partial charge < -0.3 is 16.0 Å². The van der Waals surface area contributed by atoms with Crippen LogP contribution in [0.4, 0.5) is 10.5 Å². The van der Waals surface area contributed by atoms with E-state index in [1.807, 2.05) is 25.1 Å². The first-order valence-electron chi connectivity index (χ1n) is 12.0. The molecule has 9 nitrogen and oxygen atoms in total. The fraction of sp³-hybridized carbons (Fsp3) is 0.346. The van der Waals surface area contributed by atoms with Crippen molar-refractivity contribution in [2.45, 2.75) is 50.2 Å². The molecule has 4 rings (SSSR count). The lowest BCUT2D eigenvalue weighted by Gasteiger charge is -2.19. The van der Waals surface area contributed by atoms with Crippen molar-refractivity contribution < 1.29 is 9.59 Å². The van der Waals surface area contributed by atoms with Crippen LogP contribution in [0.1, 0.15) is 50.7 Å². The number of amides is 3. The van der Waals surface area contributed by atoms with Crippen LogP contribution in [-0.2, 0) is 4.79 Å². The molecule has 38 heavy (non-hydrogen) atoms. The third-order valence-corrected chi connectivity index (χ3v) is 7.08. The van der Waals surface area contributed by atoms with E-state index in [1.165, 1.54) is 34.8 Å². The second kappa shape index (κ2) is 12.1. The zero-order valence-corrected chi connectivity index (χ0v) is 23.5. The maximum atomic E-state index is 12.6. The third-order valence-electron chi connectivity index (χ3n) is 5.55. The number of nitrogens with zero attached hydrogens (tertiary/aromatic N) is 4. The lowest BCUT2D eigenvalue weighted by atomic mass is 10.1. The molecule has 1 saturated carbocycles. The minimum Gasteiger partial charge on any atom is -0.338 e. The van der Waals surface area contributed by atoms with Gasteiger partial charge in [0.1, 0.15) is 0 Å². The summed E-state index contributed by atoms with van der Waals surface area (Å²) < 4.78 is 1.53. The molecule has 1 aliphatic rings. The molecule has 1 aromatic heterocycles. The maximum Gasteiger partial charge on any atom is 0.315 e. The molecule has 3 aromatic rings. The van der Waals surface area contributed by atoms with Gasteiger partial charge in [-0.1, -0.05) is 52.9 Å². The Balaban J connectivity index is 1.35. The summed E-state index contributed by atoms with van der Waals surface area (Å²) in [6.45, 7) is 5.97. The summed E-state index contributed by atoms with van der Waals surface area (Å²) in [4.78, 5) is 24.4. The number of tetrazole rings is 1. The molecule has 1 aliphatic carbocycles. The molecule has 0 spiro atoms. The van der Waals surface area contributed by atoms with Crippen molar-refractivity contribution in [2.24, 2.45) is 0 Å². The van der Waals surface area contributed by atoms with Gasteiger partial charge in [-0.25, -0.2) is 4.79 Å². The average molecular weight is 573 g/mol.